The van der Waals surface area contributed by atoms with Gasteiger partial charge in [-0.3, -0.25) is 4.79 Å². The second kappa shape index (κ2) is 4.88. The van der Waals surface area contributed by atoms with Gasteiger partial charge in [0.1, 0.15) is 0 Å². The average molecular weight is 180 g/mol. The van der Waals surface area contributed by atoms with Gasteiger partial charge in [-0.1, -0.05) is 5.92 Å². The third-order valence-corrected chi connectivity index (χ3v) is 2.23. The van der Waals surface area contributed by atoms with Crippen LogP contribution in [0, 0.1) is 11.8 Å². The molecule has 1 amide bonds. The minimum Gasteiger partial charge on any atom is -0.341 e. The lowest BCUT2D eigenvalue weighted by molar-refractivity contribution is -0.116. The molecule has 1 rings (SSSR count). The predicted molar refractivity (Wildman–Crippen MR) is 52.1 cm³/mol. The fourth-order valence-corrected chi connectivity index (χ4v) is 1.46. The van der Waals surface area contributed by atoms with Crippen LogP contribution in [0.1, 0.15) is 26.7 Å². The van der Waals surface area contributed by atoms with E-state index in [1.165, 1.54) is 0 Å². The standard InChI is InChI=1S/C10H16N2O/c1-3-4-10(13)12-9-6-5-8(2)11-7-9/h8-9,11H,5-7H2,1-2H3,(H,12,13). The summed E-state index contributed by atoms with van der Waals surface area (Å²) in [4.78, 5) is 11.1. The Hall–Kier alpha value is -1.01. The monoisotopic (exact) mass is 180 g/mol. The van der Waals surface area contributed by atoms with Gasteiger partial charge < -0.3 is 10.6 Å². The number of hydrogen-bond acceptors (Lipinski definition) is 2. The van der Waals surface area contributed by atoms with Crippen LogP contribution in [0.5, 0.6) is 0 Å². The fraction of sp³-hybridized carbons (Fsp3) is 0.700. The molecule has 1 aliphatic rings. The van der Waals surface area contributed by atoms with E-state index in [1.54, 1.807) is 6.92 Å². The molecule has 3 heteroatoms. The van der Waals surface area contributed by atoms with Gasteiger partial charge in [-0.2, -0.15) is 0 Å². The molecule has 1 saturated heterocycles. The molecule has 2 atom stereocenters. The van der Waals surface area contributed by atoms with Crippen molar-refractivity contribution >= 4 is 5.91 Å². The normalized spacial score (nSPS) is 27.2. The summed E-state index contributed by atoms with van der Waals surface area (Å²) < 4.78 is 0. The Balaban J connectivity index is 2.29. The highest BCUT2D eigenvalue weighted by molar-refractivity contribution is 5.93. The van der Waals surface area contributed by atoms with E-state index in [0.717, 1.165) is 19.4 Å². The molecule has 0 aliphatic carbocycles. The van der Waals surface area contributed by atoms with Gasteiger partial charge in [0, 0.05) is 18.6 Å². The van der Waals surface area contributed by atoms with Crippen molar-refractivity contribution in [2.24, 2.45) is 0 Å². The van der Waals surface area contributed by atoms with Crippen LogP contribution in [-0.2, 0) is 4.79 Å². The Labute approximate surface area is 79.3 Å². The maximum atomic E-state index is 11.1. The summed E-state index contributed by atoms with van der Waals surface area (Å²) in [5.74, 6) is 4.90. The van der Waals surface area contributed by atoms with Gasteiger partial charge in [0.15, 0.2) is 0 Å². The highest BCUT2D eigenvalue weighted by Gasteiger charge is 2.17. The number of rotatable bonds is 1. The molecule has 0 radical (unpaired) electrons. The van der Waals surface area contributed by atoms with Crippen LogP contribution >= 0.6 is 0 Å². The summed E-state index contributed by atoms with van der Waals surface area (Å²) in [5.41, 5.74) is 0. The van der Waals surface area contributed by atoms with Crippen molar-refractivity contribution in [3.63, 3.8) is 0 Å². The molecule has 2 N–H and O–H groups in total. The number of hydrogen-bond donors (Lipinski definition) is 2. The number of carbonyl (C=O) groups excluding carboxylic acids is 1. The van der Waals surface area contributed by atoms with Gasteiger partial charge in [-0.15, -0.1) is 0 Å². The van der Waals surface area contributed by atoms with Crippen molar-refractivity contribution in [2.75, 3.05) is 6.54 Å². The van der Waals surface area contributed by atoms with E-state index in [1.807, 2.05) is 0 Å². The Bertz CT molecular complexity index is 231. The Kier molecular flexibility index (Phi) is 3.78. The van der Waals surface area contributed by atoms with E-state index in [0.29, 0.717) is 6.04 Å². The van der Waals surface area contributed by atoms with Crippen LogP contribution in [0.15, 0.2) is 0 Å². The lowest BCUT2D eigenvalue weighted by Crippen LogP contribution is -2.48. The molecule has 0 aromatic rings. The van der Waals surface area contributed by atoms with Crippen LogP contribution in [-0.4, -0.2) is 24.5 Å². The molecule has 0 bridgehead atoms. The van der Waals surface area contributed by atoms with Crippen LogP contribution in [0.4, 0.5) is 0 Å². The van der Waals surface area contributed by atoms with Gasteiger partial charge in [-0.25, -0.2) is 0 Å². The van der Waals surface area contributed by atoms with E-state index in [4.69, 9.17) is 0 Å². The smallest absolute Gasteiger partial charge is 0.296 e. The minimum atomic E-state index is -0.163. The van der Waals surface area contributed by atoms with Crippen LogP contribution in [0.25, 0.3) is 0 Å². The summed E-state index contributed by atoms with van der Waals surface area (Å²) in [5, 5.41) is 6.18. The molecule has 0 spiro atoms. The lowest BCUT2D eigenvalue weighted by atomic mass is 10.0. The first-order valence-corrected chi connectivity index (χ1v) is 4.69. The molecule has 0 aromatic heterocycles. The van der Waals surface area contributed by atoms with Crippen LogP contribution in [0.3, 0.4) is 0 Å². The topological polar surface area (TPSA) is 41.1 Å². The third kappa shape index (κ3) is 3.47. The molecule has 3 nitrogen and oxygen atoms in total. The zero-order chi connectivity index (χ0) is 9.68. The SMILES string of the molecule is CC#CC(=O)NC1CCC(C)NC1. The third-order valence-electron chi connectivity index (χ3n) is 2.23. The van der Waals surface area contributed by atoms with Gasteiger partial charge in [0.2, 0.25) is 0 Å². The molecule has 72 valence electrons. The predicted octanol–water partition coefficient (Wildman–Crippen LogP) is 0.266. The van der Waals surface area contributed by atoms with E-state index >= 15 is 0 Å². The summed E-state index contributed by atoms with van der Waals surface area (Å²) in [6.45, 7) is 4.68. The summed E-state index contributed by atoms with van der Waals surface area (Å²) >= 11 is 0. The molecule has 0 saturated carbocycles. The molecule has 0 aromatic carbocycles. The highest BCUT2D eigenvalue weighted by Crippen LogP contribution is 2.06. The zero-order valence-corrected chi connectivity index (χ0v) is 8.18. The number of piperidine rings is 1. The molecule has 13 heavy (non-hydrogen) atoms. The van der Waals surface area contributed by atoms with Gasteiger partial charge in [0.25, 0.3) is 5.91 Å². The maximum Gasteiger partial charge on any atom is 0.296 e. The lowest BCUT2D eigenvalue weighted by Gasteiger charge is -2.27. The van der Waals surface area contributed by atoms with Crippen LogP contribution < -0.4 is 10.6 Å². The van der Waals surface area contributed by atoms with E-state index in [9.17, 15) is 4.79 Å². The maximum absolute atomic E-state index is 11.1. The average Bonchev–Trinajstić information content (AvgIpc) is 2.09. The Morgan fingerprint density at radius 1 is 1.54 bits per heavy atom. The first-order valence-electron chi connectivity index (χ1n) is 4.69. The van der Waals surface area contributed by atoms with Crippen molar-refractivity contribution in [1.29, 1.82) is 0 Å². The fourth-order valence-electron chi connectivity index (χ4n) is 1.46. The van der Waals surface area contributed by atoms with Gasteiger partial charge in [0.05, 0.1) is 0 Å². The second-order valence-corrected chi connectivity index (χ2v) is 3.43. The minimum absolute atomic E-state index is 0.163. The molecular weight excluding hydrogens is 164 g/mol. The number of nitrogens with one attached hydrogen (secondary N) is 2. The molecular formula is C10H16N2O. The largest absolute Gasteiger partial charge is 0.341 e. The Morgan fingerprint density at radius 2 is 2.31 bits per heavy atom. The van der Waals surface area contributed by atoms with Gasteiger partial charge >= 0.3 is 0 Å². The Morgan fingerprint density at radius 3 is 2.85 bits per heavy atom. The van der Waals surface area contributed by atoms with Crippen molar-refractivity contribution in [3.8, 4) is 11.8 Å². The second-order valence-electron chi connectivity index (χ2n) is 3.43. The first-order chi connectivity index (χ1) is 6.22. The summed E-state index contributed by atoms with van der Waals surface area (Å²) in [6.07, 6.45) is 2.16. The number of amides is 1. The van der Waals surface area contributed by atoms with Crippen molar-refractivity contribution < 1.29 is 4.79 Å². The summed E-state index contributed by atoms with van der Waals surface area (Å²) in [7, 11) is 0. The molecule has 1 aliphatic heterocycles. The first kappa shape index (κ1) is 10.1. The van der Waals surface area contributed by atoms with Gasteiger partial charge in [-0.05, 0) is 32.6 Å². The van der Waals surface area contributed by atoms with Crippen molar-refractivity contribution in [1.82, 2.24) is 10.6 Å². The molecule has 1 fully saturated rings. The quantitative estimate of drug-likeness (QED) is 0.569. The molecule has 1 heterocycles. The zero-order valence-electron chi connectivity index (χ0n) is 8.18. The van der Waals surface area contributed by atoms with E-state index < -0.39 is 0 Å². The van der Waals surface area contributed by atoms with Crippen molar-refractivity contribution in [3.05, 3.63) is 0 Å². The van der Waals surface area contributed by atoms with E-state index in [2.05, 4.69) is 29.4 Å². The summed E-state index contributed by atoms with van der Waals surface area (Å²) in [6, 6.07) is 0.829. The number of carbonyl (C=O) groups is 1. The molecule has 2 unspecified atom stereocenters. The highest BCUT2D eigenvalue weighted by atomic mass is 16.1. The van der Waals surface area contributed by atoms with Crippen molar-refractivity contribution in [2.45, 2.75) is 38.8 Å². The van der Waals surface area contributed by atoms with E-state index in [-0.39, 0.29) is 11.9 Å². The van der Waals surface area contributed by atoms with Crippen LogP contribution in [0.2, 0.25) is 0 Å².